The molecule has 4 amide bonds. The number of aliphatic hydroxyl groups is 4. The van der Waals surface area contributed by atoms with Gasteiger partial charge in [0.05, 0.1) is 34.3 Å². The number of carbonyl (C=O) groups is 9. The standard InChI is InChI=1S/C26H27N3O9S.C20H19N3O7S.C6H9ClO2.C6H2O2.C3H6O.2CH4.ClH/c30-19(20-7-4-12-37-20)15-39-25-22(27-21(31)13-16-5-2-1-3-6-16)23(32)28(25)24(33)26(34)38-14-17-8-10-18(11-9-17)29(35)36;24-15(10-12-4-2-1-3-5-12)21-16-17(25)22(19(16)31)18(26)20(27)30-11-13-6-8-14(9-7-13)23(28)29;7-4-5(8)6-2-1-3-9-6;7-5-3-1-2-4-6-8;1-3(2)4;;;/h1-3,5-6,8-11,20,22,24-25,33H,4,7,12-15H2,(H,27,31);1-9,16,18-19,26,31H,10-11H2,(H,21,24);6H,1-4H2;7-8H;1-2H3;2*1H4;1H/t20-,22+,24?,25+;16-,18?,19-;6-;;;;;/m010...../s1/i;;;;1D;;;. The molecule has 4 aliphatic rings. The highest BCUT2D eigenvalue weighted by Gasteiger charge is 2.54. The minimum absolute atomic E-state index is 0. The van der Waals surface area contributed by atoms with Crippen molar-refractivity contribution in [2.24, 2.45) is 0 Å². The summed E-state index contributed by atoms with van der Waals surface area (Å²) >= 11 is 10.5. The summed E-state index contributed by atoms with van der Waals surface area (Å²) in [6, 6.07) is 26.5. The van der Waals surface area contributed by atoms with Gasteiger partial charge in [0.2, 0.25) is 24.3 Å². The molecule has 0 aromatic heterocycles. The van der Waals surface area contributed by atoms with Crippen LogP contribution < -0.4 is 10.6 Å². The number of Topliss-reactive ketones (excluding diaryl/α,β-unsaturated/α-hetero) is 3. The predicted molar refractivity (Wildman–Crippen MR) is 348 cm³/mol. The summed E-state index contributed by atoms with van der Waals surface area (Å²) in [5.41, 5.74) is 2.18. The second-order valence-electron chi connectivity index (χ2n) is 19.3. The molecule has 4 fully saturated rings. The summed E-state index contributed by atoms with van der Waals surface area (Å²) in [5.74, 6) is 3.74. The Labute approximate surface area is 564 Å². The van der Waals surface area contributed by atoms with Crippen molar-refractivity contribution in [2.75, 3.05) is 24.8 Å². The molecule has 8 rings (SSSR count). The number of nitro benzene ring substituents is 2. The van der Waals surface area contributed by atoms with Crippen LogP contribution in [0.5, 0.6) is 0 Å². The van der Waals surface area contributed by atoms with Gasteiger partial charge < -0.3 is 54.8 Å². The Bertz CT molecular complexity index is 3390. The lowest BCUT2D eigenvalue weighted by Gasteiger charge is -2.47. The molecule has 27 nitrogen and oxygen atoms in total. The van der Waals surface area contributed by atoms with Crippen LogP contribution in [0.3, 0.4) is 0 Å². The second kappa shape index (κ2) is 43.7. The molecule has 4 aromatic rings. The summed E-state index contributed by atoms with van der Waals surface area (Å²) in [5, 5.41) is 61.2. The van der Waals surface area contributed by atoms with Gasteiger partial charge in [0.15, 0.2) is 11.6 Å². The largest absolute Gasteiger partial charge is 0.461 e. The molecule has 506 valence electrons. The third-order valence-corrected chi connectivity index (χ3v) is 14.7. The van der Waals surface area contributed by atoms with Gasteiger partial charge in [-0.2, -0.15) is 12.6 Å². The summed E-state index contributed by atoms with van der Waals surface area (Å²) < 4.78 is 26.9. The van der Waals surface area contributed by atoms with Gasteiger partial charge in [0, 0.05) is 62.5 Å². The molecule has 0 radical (unpaired) electrons. The highest BCUT2D eigenvalue weighted by atomic mass is 35.5. The van der Waals surface area contributed by atoms with Crippen molar-refractivity contribution in [1.29, 1.82) is 0 Å². The number of thioether (sulfide) groups is 1. The number of alkyl halides is 1. The molecule has 2 unspecified atom stereocenters. The van der Waals surface area contributed by atoms with Crippen molar-refractivity contribution < 1.29 is 93.7 Å². The van der Waals surface area contributed by atoms with E-state index in [1.54, 1.807) is 60.7 Å². The number of halogens is 2. The van der Waals surface area contributed by atoms with Crippen molar-refractivity contribution in [3.8, 4) is 35.9 Å². The number of esters is 2. The normalized spacial score (nSPS) is 18.2. The Kier molecular flexibility index (Phi) is 37.6. The fourth-order valence-electron chi connectivity index (χ4n) is 8.21. The predicted octanol–water partition coefficient (Wildman–Crippen LogP) is 5.03. The number of ether oxygens (including phenoxy) is 4. The van der Waals surface area contributed by atoms with Crippen molar-refractivity contribution in [2.45, 2.75) is 128 Å². The Hall–Kier alpha value is -9.09. The number of amides is 4. The number of ketones is 3. The molecule has 8 atom stereocenters. The van der Waals surface area contributed by atoms with E-state index in [1.165, 1.54) is 55.5 Å². The van der Waals surface area contributed by atoms with Crippen LogP contribution >= 0.6 is 48.4 Å². The van der Waals surface area contributed by atoms with Crippen molar-refractivity contribution in [3.63, 3.8) is 0 Å². The van der Waals surface area contributed by atoms with Crippen LogP contribution in [0.25, 0.3) is 0 Å². The number of thiol groups is 1. The van der Waals surface area contributed by atoms with Crippen LogP contribution in [-0.4, -0.2) is 165 Å². The Balaban J connectivity index is 0.000000710. The average molecular weight is 1390 g/mol. The van der Waals surface area contributed by atoms with E-state index in [0.29, 0.717) is 30.8 Å². The van der Waals surface area contributed by atoms with Gasteiger partial charge in [-0.3, -0.25) is 58.8 Å². The van der Waals surface area contributed by atoms with E-state index in [2.05, 4.69) is 35.1 Å². The first kappa shape index (κ1) is 81.0. The number of carbonyl (C=O) groups excluding carboxylic acids is 9. The maximum atomic E-state index is 12.9. The summed E-state index contributed by atoms with van der Waals surface area (Å²) in [6.07, 6.45) is 1.82. The lowest BCUT2D eigenvalue weighted by molar-refractivity contribution is -0.385. The van der Waals surface area contributed by atoms with Crippen molar-refractivity contribution in [1.82, 2.24) is 20.4 Å². The van der Waals surface area contributed by atoms with Gasteiger partial charge in [-0.15, -0.1) is 35.8 Å². The fraction of sp³-hybridized carbons (Fsp3) is 0.381. The van der Waals surface area contributed by atoms with E-state index in [0.717, 1.165) is 52.0 Å². The van der Waals surface area contributed by atoms with Crippen LogP contribution in [0.15, 0.2) is 109 Å². The summed E-state index contributed by atoms with van der Waals surface area (Å²) in [4.78, 5) is 130. The quantitative estimate of drug-likeness (QED) is 0.0103. The zero-order chi connectivity index (χ0) is 67.7. The number of likely N-dealkylation sites (tertiary alicyclic amines) is 2. The number of hydrogen-bond donors (Lipinski definition) is 7. The maximum Gasteiger partial charge on any atom is 0.356 e. The topological polar surface area (TPSA) is 388 Å². The molecule has 6 N–H and O–H groups in total. The van der Waals surface area contributed by atoms with Crippen LogP contribution in [0, 0.1) is 56.1 Å². The number of β-lactam (4-membered cyclic amide) rings is 2. The Morgan fingerprint density at radius 2 is 1.06 bits per heavy atom. The molecular weight excluding hydrogens is 1310 g/mol. The zero-order valence-electron chi connectivity index (χ0n) is 49.9. The highest BCUT2D eigenvalue weighted by Crippen LogP contribution is 2.33. The number of nitrogens with one attached hydrogen (secondary N) is 2. The highest BCUT2D eigenvalue weighted by molar-refractivity contribution is 8.00. The van der Waals surface area contributed by atoms with Gasteiger partial charge >= 0.3 is 11.9 Å². The van der Waals surface area contributed by atoms with E-state index < -0.39 is 86.8 Å². The van der Waals surface area contributed by atoms with E-state index in [-0.39, 0.29) is 107 Å². The van der Waals surface area contributed by atoms with Crippen LogP contribution in [-0.2, 0) is 88.2 Å². The van der Waals surface area contributed by atoms with Gasteiger partial charge in [0.1, 0.15) is 66.2 Å². The van der Waals surface area contributed by atoms with Gasteiger partial charge in [-0.05, 0) is 86.0 Å². The fourth-order valence-corrected chi connectivity index (χ4v) is 10.1. The third-order valence-electron chi connectivity index (χ3n) is 12.6. The molecule has 4 aromatic carbocycles. The molecule has 0 saturated carbocycles. The monoisotopic (exact) mass is 1380 g/mol. The molecule has 94 heavy (non-hydrogen) atoms. The molecule has 4 heterocycles. The molecule has 0 aliphatic carbocycles. The first-order valence-corrected chi connectivity index (χ1v) is 29.3. The number of benzene rings is 4. The Morgan fingerprint density at radius 1 is 0.670 bits per heavy atom. The molecule has 4 saturated heterocycles. The molecule has 4 aliphatic heterocycles. The lowest BCUT2D eigenvalue weighted by Crippen LogP contribution is -2.73. The maximum absolute atomic E-state index is 12.9. The second-order valence-corrected chi connectivity index (χ2v) is 21.2. The average Bonchev–Trinajstić information content (AvgIpc) is 1.19. The first-order valence-electron chi connectivity index (χ1n) is 27.9. The first-order chi connectivity index (χ1) is 44.0. The molecule has 0 spiro atoms. The van der Waals surface area contributed by atoms with Crippen molar-refractivity contribution >= 4 is 113 Å². The smallest absolute Gasteiger partial charge is 0.356 e. The van der Waals surface area contributed by atoms with E-state index in [4.69, 9.17) is 42.1 Å². The molecule has 31 heteroatoms. The Morgan fingerprint density at radius 3 is 1.43 bits per heavy atom. The SMILES string of the molecule is C.C.Cl.O=C(CCl)[C@@H]1CCCO1.O=C(Cc1ccccc1)N[C@@H]1C(=O)N(C(O)C(=O)OCc2ccc([N+](=O)[O-])cc2)[C@@H]1S.O=C(Cc1ccccc1)N[C@@H]1C(=O)N(C(O)C(=O)OCc2ccc([N+](=O)[O-])cc2)[C@@H]1SCC(=O)[C@@H]1CCCO1.OC#CC#CC#CO.[2H]CC(C)=O. The summed E-state index contributed by atoms with van der Waals surface area (Å²) in [6.45, 7) is 1.99. The van der Waals surface area contributed by atoms with Crippen LogP contribution in [0.2, 0.25) is 0 Å². The number of nitro groups is 2. The zero-order valence-corrected chi connectivity index (χ0v) is 52.1. The van der Waals surface area contributed by atoms with Gasteiger partial charge in [-0.1, -0.05) is 75.5 Å². The number of hydrogen-bond acceptors (Lipinski definition) is 23. The molecular formula is C63H72Cl2N6O21S2. The minimum atomic E-state index is -1.98. The summed E-state index contributed by atoms with van der Waals surface area (Å²) in [7, 11) is 0. The van der Waals surface area contributed by atoms with Crippen LogP contribution in [0.4, 0.5) is 11.4 Å². The van der Waals surface area contributed by atoms with E-state index >= 15 is 0 Å². The van der Waals surface area contributed by atoms with Crippen LogP contribution in [0.1, 0.15) is 78.0 Å². The number of aliphatic hydroxyl groups excluding tert-OH is 4. The lowest BCUT2D eigenvalue weighted by atomic mass is 10.1. The van der Waals surface area contributed by atoms with Gasteiger partial charge in [-0.25, -0.2) is 9.59 Å². The minimum Gasteiger partial charge on any atom is -0.461 e. The number of non-ortho nitro benzene ring substituents is 2. The van der Waals surface area contributed by atoms with E-state index in [1.807, 2.05) is 24.0 Å². The number of nitrogens with zero attached hydrogens (tertiary/aromatic N) is 4. The third kappa shape index (κ3) is 27.2. The van der Waals surface area contributed by atoms with Gasteiger partial charge in [0.25, 0.3) is 23.2 Å². The molecule has 0 bridgehead atoms. The van der Waals surface area contributed by atoms with Crippen molar-refractivity contribution in [3.05, 3.63) is 152 Å². The number of rotatable bonds is 22. The van der Waals surface area contributed by atoms with E-state index in [9.17, 15) is 73.6 Å².